The van der Waals surface area contributed by atoms with Crippen LogP contribution in [-0.2, 0) is 9.53 Å². The van der Waals surface area contributed by atoms with E-state index in [0.717, 1.165) is 5.84 Å². The third kappa shape index (κ3) is 2.04. The van der Waals surface area contributed by atoms with E-state index in [1.54, 1.807) is 0 Å². The van der Waals surface area contributed by atoms with Crippen LogP contribution in [0.1, 0.15) is 33.6 Å². The minimum atomic E-state index is -0.625. The number of hydrogen-bond acceptors (Lipinski definition) is 3. The van der Waals surface area contributed by atoms with Gasteiger partial charge in [0.25, 0.3) is 5.91 Å². The molecule has 0 aromatic rings. The van der Waals surface area contributed by atoms with Crippen LogP contribution >= 0.6 is 0 Å². The molecule has 0 saturated heterocycles. The largest absolute Gasteiger partial charge is 0.370 e. The number of ether oxygens (including phenoxy) is 1. The van der Waals surface area contributed by atoms with Crippen LogP contribution in [0.2, 0.25) is 0 Å². The highest BCUT2D eigenvalue weighted by Gasteiger charge is 2.42. The van der Waals surface area contributed by atoms with Gasteiger partial charge in [0.1, 0.15) is 17.5 Å². The van der Waals surface area contributed by atoms with E-state index < -0.39 is 5.54 Å². The maximum absolute atomic E-state index is 11.6. The molecule has 0 bridgehead atoms. The molecule has 1 saturated carbocycles. The molecule has 1 fully saturated rings. The molecule has 4 heteroatoms. The first kappa shape index (κ1) is 10.6. The highest BCUT2D eigenvalue weighted by atomic mass is 16.5. The number of carbonyl (C=O) groups is 1. The van der Waals surface area contributed by atoms with Gasteiger partial charge in [-0.05, 0) is 39.5 Å². The highest BCUT2D eigenvalue weighted by molar-refractivity contribution is 6.09. The van der Waals surface area contributed by atoms with Gasteiger partial charge < -0.3 is 10.1 Å². The smallest absolute Gasteiger partial charge is 0.252 e. The Morgan fingerprint density at radius 2 is 2.27 bits per heavy atom. The number of amides is 1. The van der Waals surface area contributed by atoms with Crippen molar-refractivity contribution in [2.24, 2.45) is 10.9 Å². The molecule has 0 spiro atoms. The van der Waals surface area contributed by atoms with Gasteiger partial charge >= 0.3 is 0 Å². The molecule has 1 heterocycles. The molecule has 0 aromatic carbocycles. The number of hydrogen-bond donors (Lipinski definition) is 1. The van der Waals surface area contributed by atoms with Gasteiger partial charge in [0, 0.05) is 6.61 Å². The summed E-state index contributed by atoms with van der Waals surface area (Å²) in [7, 11) is 0. The van der Waals surface area contributed by atoms with Crippen LogP contribution in [0.25, 0.3) is 0 Å². The molecule has 1 unspecified atom stereocenters. The van der Waals surface area contributed by atoms with Crippen LogP contribution in [-0.4, -0.2) is 30.0 Å². The van der Waals surface area contributed by atoms with Crippen LogP contribution in [0.4, 0.5) is 0 Å². The molecule has 0 radical (unpaired) electrons. The van der Waals surface area contributed by atoms with Crippen molar-refractivity contribution in [1.82, 2.24) is 5.32 Å². The summed E-state index contributed by atoms with van der Waals surface area (Å²) < 4.78 is 5.65. The van der Waals surface area contributed by atoms with E-state index in [1.165, 1.54) is 12.8 Å². The standard InChI is InChI=1S/C11H18N2O2/c1-4-15-8(7-5-6-7)9-12-10(14)11(2,3)13-9/h7-8H,4-6H2,1-3H3,(H,12,13,14). The van der Waals surface area contributed by atoms with Crippen molar-refractivity contribution in [3.8, 4) is 0 Å². The number of nitrogens with zero attached hydrogens (tertiary/aromatic N) is 1. The Labute approximate surface area is 90.1 Å². The highest BCUT2D eigenvalue weighted by Crippen LogP contribution is 2.36. The average Bonchev–Trinajstić information content (AvgIpc) is 2.92. The minimum absolute atomic E-state index is 0.000671. The topological polar surface area (TPSA) is 50.7 Å². The van der Waals surface area contributed by atoms with E-state index in [-0.39, 0.29) is 12.0 Å². The van der Waals surface area contributed by atoms with E-state index in [2.05, 4.69) is 10.3 Å². The number of aliphatic imine (C=N–C) groups is 1. The molecule has 1 N–H and O–H groups in total. The van der Waals surface area contributed by atoms with Gasteiger partial charge in [-0.15, -0.1) is 0 Å². The molecular formula is C11H18N2O2. The van der Waals surface area contributed by atoms with E-state index in [0.29, 0.717) is 12.5 Å². The summed E-state index contributed by atoms with van der Waals surface area (Å²) in [4.78, 5) is 16.0. The first-order valence-electron chi connectivity index (χ1n) is 5.57. The zero-order valence-electron chi connectivity index (χ0n) is 9.54. The molecule has 1 amide bonds. The molecule has 84 valence electrons. The Balaban J connectivity index is 2.12. The van der Waals surface area contributed by atoms with Crippen LogP contribution in [0.5, 0.6) is 0 Å². The molecule has 2 aliphatic rings. The van der Waals surface area contributed by atoms with Crippen molar-refractivity contribution >= 4 is 11.7 Å². The summed E-state index contributed by atoms with van der Waals surface area (Å²) in [6.45, 7) is 6.28. The number of carbonyl (C=O) groups excluding carboxylic acids is 1. The zero-order valence-corrected chi connectivity index (χ0v) is 9.54. The summed E-state index contributed by atoms with van der Waals surface area (Å²) in [5.74, 6) is 1.26. The number of rotatable bonds is 4. The fourth-order valence-corrected chi connectivity index (χ4v) is 1.80. The predicted octanol–water partition coefficient (Wildman–Crippen LogP) is 1.11. The van der Waals surface area contributed by atoms with Crippen LogP contribution < -0.4 is 5.32 Å². The Morgan fingerprint density at radius 3 is 2.67 bits per heavy atom. The lowest BCUT2D eigenvalue weighted by Crippen LogP contribution is -2.39. The monoisotopic (exact) mass is 210 g/mol. The normalized spacial score (nSPS) is 26.1. The van der Waals surface area contributed by atoms with Crippen molar-refractivity contribution < 1.29 is 9.53 Å². The fraction of sp³-hybridized carbons (Fsp3) is 0.818. The zero-order chi connectivity index (χ0) is 11.1. The van der Waals surface area contributed by atoms with Crippen LogP contribution in [0, 0.1) is 5.92 Å². The summed E-state index contributed by atoms with van der Waals surface area (Å²) in [5, 5.41) is 2.84. The van der Waals surface area contributed by atoms with E-state index in [1.807, 2.05) is 20.8 Å². The van der Waals surface area contributed by atoms with E-state index in [4.69, 9.17) is 4.74 Å². The summed E-state index contributed by atoms with van der Waals surface area (Å²) >= 11 is 0. The van der Waals surface area contributed by atoms with E-state index >= 15 is 0 Å². The lowest BCUT2D eigenvalue weighted by molar-refractivity contribution is -0.122. The fourth-order valence-electron chi connectivity index (χ4n) is 1.80. The van der Waals surface area contributed by atoms with Gasteiger partial charge in [0.15, 0.2) is 0 Å². The third-order valence-electron chi connectivity index (χ3n) is 2.86. The Bertz CT molecular complexity index is 306. The van der Waals surface area contributed by atoms with Crippen molar-refractivity contribution in [3.05, 3.63) is 0 Å². The maximum atomic E-state index is 11.6. The number of amidine groups is 1. The lowest BCUT2D eigenvalue weighted by atomic mass is 10.1. The van der Waals surface area contributed by atoms with Crippen LogP contribution in [0.15, 0.2) is 4.99 Å². The Hall–Kier alpha value is -0.900. The Kier molecular flexibility index (Phi) is 2.54. The van der Waals surface area contributed by atoms with Gasteiger partial charge in [-0.1, -0.05) is 0 Å². The number of nitrogens with one attached hydrogen (secondary N) is 1. The van der Waals surface area contributed by atoms with Gasteiger partial charge in [0.2, 0.25) is 0 Å². The van der Waals surface area contributed by atoms with Gasteiger partial charge in [-0.25, -0.2) is 0 Å². The molecule has 1 aliphatic heterocycles. The summed E-state index contributed by atoms with van der Waals surface area (Å²) in [5.41, 5.74) is -0.625. The molecule has 4 nitrogen and oxygen atoms in total. The lowest BCUT2D eigenvalue weighted by Gasteiger charge is -2.15. The molecule has 1 atom stereocenters. The molecule has 2 rings (SSSR count). The van der Waals surface area contributed by atoms with Crippen molar-refractivity contribution in [1.29, 1.82) is 0 Å². The molecule has 15 heavy (non-hydrogen) atoms. The van der Waals surface area contributed by atoms with Crippen LogP contribution in [0.3, 0.4) is 0 Å². The predicted molar refractivity (Wildman–Crippen MR) is 57.8 cm³/mol. The van der Waals surface area contributed by atoms with Crippen molar-refractivity contribution in [3.63, 3.8) is 0 Å². The first-order valence-corrected chi connectivity index (χ1v) is 5.57. The SMILES string of the molecule is CCOC(C1=NC(C)(C)C(=O)N1)C1CC1. The summed E-state index contributed by atoms with van der Waals surface area (Å²) in [6.07, 6.45) is 2.36. The second-order valence-corrected chi connectivity index (χ2v) is 4.72. The maximum Gasteiger partial charge on any atom is 0.252 e. The van der Waals surface area contributed by atoms with Gasteiger partial charge in [0.05, 0.1) is 0 Å². The van der Waals surface area contributed by atoms with Gasteiger partial charge in [-0.2, -0.15) is 0 Å². The summed E-state index contributed by atoms with van der Waals surface area (Å²) in [6, 6.07) is 0. The van der Waals surface area contributed by atoms with E-state index in [9.17, 15) is 4.79 Å². The second-order valence-electron chi connectivity index (χ2n) is 4.72. The van der Waals surface area contributed by atoms with Gasteiger partial charge in [-0.3, -0.25) is 9.79 Å². The third-order valence-corrected chi connectivity index (χ3v) is 2.86. The minimum Gasteiger partial charge on any atom is -0.370 e. The average molecular weight is 210 g/mol. The molecular weight excluding hydrogens is 192 g/mol. The molecule has 1 aliphatic carbocycles. The second kappa shape index (κ2) is 3.59. The Morgan fingerprint density at radius 1 is 1.60 bits per heavy atom. The first-order chi connectivity index (χ1) is 7.04. The quantitative estimate of drug-likeness (QED) is 0.755. The van der Waals surface area contributed by atoms with Crippen molar-refractivity contribution in [2.75, 3.05) is 6.61 Å². The molecule has 0 aromatic heterocycles. The van der Waals surface area contributed by atoms with Crippen molar-refractivity contribution in [2.45, 2.75) is 45.3 Å².